The highest BCUT2D eigenvalue weighted by atomic mass is 16.5. The number of likely N-dealkylation sites (N-methyl/N-ethyl adjacent to an activating group) is 1. The van der Waals surface area contributed by atoms with Crippen LogP contribution in [0, 0.1) is 0 Å². The number of hydrogen-bond donors (Lipinski definition) is 0. The van der Waals surface area contributed by atoms with Crippen molar-refractivity contribution in [2.45, 2.75) is 37.8 Å². The average Bonchev–Trinajstić information content (AvgIpc) is 3.35. The Bertz CT molecular complexity index is 718. The topological polar surface area (TPSA) is 59.3 Å². The summed E-state index contributed by atoms with van der Waals surface area (Å²) < 4.78 is 7.77. The van der Waals surface area contributed by atoms with Gasteiger partial charge < -0.3 is 9.64 Å². The van der Waals surface area contributed by atoms with E-state index < -0.39 is 0 Å². The van der Waals surface area contributed by atoms with Gasteiger partial charge in [0.05, 0.1) is 13.2 Å². The van der Waals surface area contributed by atoms with E-state index in [0.717, 1.165) is 43.3 Å². The number of methoxy groups -OCH3 is 1. The Hall–Kier alpha value is -1.99. The van der Waals surface area contributed by atoms with Gasteiger partial charge >= 0.3 is 0 Å². The largest absolute Gasteiger partial charge is 0.496 e. The third kappa shape index (κ3) is 3.33. The van der Waals surface area contributed by atoms with E-state index in [9.17, 15) is 0 Å². The summed E-state index contributed by atoms with van der Waals surface area (Å²) in [6, 6.07) is 8.71. The normalized spacial score (nSPS) is 21.2. The van der Waals surface area contributed by atoms with Crippen LogP contribution in [0.15, 0.2) is 24.3 Å². The number of hydrogen-bond acceptors (Lipinski definition) is 6. The molecule has 1 saturated heterocycles. The van der Waals surface area contributed by atoms with Gasteiger partial charge in [0.1, 0.15) is 11.8 Å². The predicted octanol–water partition coefficient (Wildman–Crippen LogP) is 2.13. The number of rotatable bonds is 5. The van der Waals surface area contributed by atoms with Gasteiger partial charge in [-0.2, -0.15) is 0 Å². The molecule has 2 aromatic rings. The molecule has 1 aliphatic heterocycles. The minimum absolute atomic E-state index is 0.0236. The van der Waals surface area contributed by atoms with Crippen LogP contribution in [-0.4, -0.2) is 70.3 Å². The Balaban J connectivity index is 1.75. The predicted molar refractivity (Wildman–Crippen MR) is 99.2 cm³/mol. The first kappa shape index (κ1) is 17.4. The van der Waals surface area contributed by atoms with Gasteiger partial charge in [-0.3, -0.25) is 4.90 Å². The fraction of sp³-hybridized carbons (Fsp3) is 0.632. The highest BCUT2D eigenvalue weighted by Gasteiger charge is 2.34. The third-order valence-corrected chi connectivity index (χ3v) is 5.77. The number of benzene rings is 1. The summed E-state index contributed by atoms with van der Waals surface area (Å²) in [6.07, 6.45) is 4.86. The van der Waals surface area contributed by atoms with Crippen LogP contribution in [0.1, 0.15) is 49.2 Å². The van der Waals surface area contributed by atoms with E-state index in [1.165, 1.54) is 25.7 Å². The molecule has 0 N–H and O–H groups in total. The van der Waals surface area contributed by atoms with Gasteiger partial charge in [0.15, 0.2) is 5.82 Å². The Morgan fingerprint density at radius 3 is 2.54 bits per heavy atom. The first-order valence-electron chi connectivity index (χ1n) is 9.61. The van der Waals surface area contributed by atoms with E-state index in [4.69, 9.17) is 4.74 Å². The maximum Gasteiger partial charge on any atom is 0.173 e. The van der Waals surface area contributed by atoms with Crippen LogP contribution in [0.4, 0.5) is 0 Å². The van der Waals surface area contributed by atoms with Gasteiger partial charge in [0, 0.05) is 31.7 Å². The summed E-state index contributed by atoms with van der Waals surface area (Å²) in [4.78, 5) is 4.87. The monoisotopic (exact) mass is 356 g/mol. The quantitative estimate of drug-likeness (QED) is 0.818. The van der Waals surface area contributed by atoms with Crippen LogP contribution in [0.5, 0.6) is 5.75 Å². The molecule has 0 amide bonds. The standard InChI is InChI=1S/C19H28N6O/c1-23-11-13-24(14-12-23)18(16-9-5-6-10-17(16)26-2)19-20-21-22-25(19)15-7-3-4-8-15/h5-6,9-10,15,18H,3-4,7-8,11-14H2,1-2H3/t18-/m1/s1. The second-order valence-corrected chi connectivity index (χ2v) is 7.40. The number of nitrogens with zero attached hydrogens (tertiary/aromatic N) is 6. The van der Waals surface area contributed by atoms with E-state index in [-0.39, 0.29) is 6.04 Å². The van der Waals surface area contributed by atoms with Crippen molar-refractivity contribution < 1.29 is 4.74 Å². The number of piperazine rings is 1. The van der Waals surface area contributed by atoms with Gasteiger partial charge in [-0.1, -0.05) is 31.0 Å². The van der Waals surface area contributed by atoms with Crippen molar-refractivity contribution >= 4 is 0 Å². The molecule has 7 nitrogen and oxygen atoms in total. The van der Waals surface area contributed by atoms with Crippen molar-refractivity contribution in [3.05, 3.63) is 35.7 Å². The minimum atomic E-state index is 0.0236. The molecule has 1 aromatic carbocycles. The Morgan fingerprint density at radius 1 is 1.08 bits per heavy atom. The highest BCUT2D eigenvalue weighted by Crippen LogP contribution is 2.37. The van der Waals surface area contributed by atoms with Gasteiger partial charge in [-0.25, -0.2) is 4.68 Å². The molecular formula is C19H28N6O. The Kier molecular flexibility index (Phi) is 5.17. The molecule has 2 aliphatic rings. The molecule has 1 aliphatic carbocycles. The van der Waals surface area contributed by atoms with Crippen molar-refractivity contribution in [3.63, 3.8) is 0 Å². The molecule has 1 aromatic heterocycles. The summed E-state index contributed by atoms with van der Waals surface area (Å²) in [5.41, 5.74) is 1.15. The zero-order valence-electron chi connectivity index (χ0n) is 15.7. The molecule has 0 spiro atoms. The van der Waals surface area contributed by atoms with E-state index >= 15 is 0 Å². The van der Waals surface area contributed by atoms with E-state index in [1.807, 2.05) is 12.1 Å². The van der Waals surface area contributed by atoms with Crippen LogP contribution in [0.25, 0.3) is 0 Å². The second-order valence-electron chi connectivity index (χ2n) is 7.40. The van der Waals surface area contributed by atoms with Crippen molar-refractivity contribution in [2.24, 2.45) is 0 Å². The van der Waals surface area contributed by atoms with Crippen molar-refractivity contribution in [2.75, 3.05) is 40.3 Å². The Labute approximate surface area is 154 Å². The SMILES string of the molecule is COc1ccccc1[C@H](c1nnnn1C1CCCC1)N1CCN(C)CC1. The van der Waals surface area contributed by atoms with Gasteiger partial charge in [0.2, 0.25) is 0 Å². The molecule has 2 heterocycles. The molecule has 0 unspecified atom stereocenters. The lowest BCUT2D eigenvalue weighted by Crippen LogP contribution is -2.46. The smallest absolute Gasteiger partial charge is 0.173 e. The summed E-state index contributed by atoms with van der Waals surface area (Å²) in [7, 11) is 3.91. The van der Waals surface area contributed by atoms with E-state index in [0.29, 0.717) is 6.04 Å². The first-order valence-corrected chi connectivity index (χ1v) is 9.61. The van der Waals surface area contributed by atoms with Crippen molar-refractivity contribution in [1.29, 1.82) is 0 Å². The first-order chi connectivity index (χ1) is 12.8. The number of aromatic nitrogens is 4. The Morgan fingerprint density at radius 2 is 1.81 bits per heavy atom. The molecule has 140 valence electrons. The molecule has 4 rings (SSSR count). The maximum atomic E-state index is 5.69. The van der Waals surface area contributed by atoms with Crippen LogP contribution in [-0.2, 0) is 0 Å². The van der Waals surface area contributed by atoms with E-state index in [2.05, 4.69) is 49.2 Å². The van der Waals surface area contributed by atoms with Crippen molar-refractivity contribution in [3.8, 4) is 5.75 Å². The number of tetrazole rings is 1. The molecule has 0 bridgehead atoms. The molecule has 0 radical (unpaired) electrons. The summed E-state index contributed by atoms with van der Waals surface area (Å²) in [5.74, 6) is 1.85. The molecular weight excluding hydrogens is 328 g/mol. The number of para-hydroxylation sites is 1. The van der Waals surface area contributed by atoms with Gasteiger partial charge in [-0.05, 0) is 36.4 Å². The minimum Gasteiger partial charge on any atom is -0.496 e. The zero-order chi connectivity index (χ0) is 17.9. The van der Waals surface area contributed by atoms with E-state index in [1.54, 1.807) is 7.11 Å². The fourth-order valence-electron chi connectivity index (χ4n) is 4.26. The molecule has 1 saturated carbocycles. The zero-order valence-corrected chi connectivity index (χ0v) is 15.7. The summed E-state index contributed by atoms with van der Waals surface area (Å²) >= 11 is 0. The molecule has 7 heteroatoms. The van der Waals surface area contributed by atoms with Crippen LogP contribution in [0.2, 0.25) is 0 Å². The highest BCUT2D eigenvalue weighted by molar-refractivity contribution is 5.39. The molecule has 2 fully saturated rings. The van der Waals surface area contributed by atoms with Gasteiger partial charge in [0.25, 0.3) is 0 Å². The molecule has 26 heavy (non-hydrogen) atoms. The van der Waals surface area contributed by atoms with Crippen LogP contribution in [0.3, 0.4) is 0 Å². The van der Waals surface area contributed by atoms with Gasteiger partial charge in [-0.15, -0.1) is 5.10 Å². The lowest BCUT2D eigenvalue weighted by atomic mass is 10.0. The van der Waals surface area contributed by atoms with Crippen LogP contribution < -0.4 is 4.74 Å². The third-order valence-electron chi connectivity index (χ3n) is 5.77. The number of ether oxygens (including phenoxy) is 1. The lowest BCUT2D eigenvalue weighted by molar-refractivity contribution is 0.119. The van der Waals surface area contributed by atoms with Crippen molar-refractivity contribution in [1.82, 2.24) is 30.0 Å². The maximum absolute atomic E-state index is 5.69. The molecule has 1 atom stereocenters. The summed E-state index contributed by atoms with van der Waals surface area (Å²) in [5, 5.41) is 12.9. The fourth-order valence-corrected chi connectivity index (χ4v) is 4.26. The second kappa shape index (κ2) is 7.72. The lowest BCUT2D eigenvalue weighted by Gasteiger charge is -2.38. The average molecular weight is 356 g/mol. The summed E-state index contributed by atoms with van der Waals surface area (Å²) in [6.45, 7) is 4.10. The van der Waals surface area contributed by atoms with Crippen LogP contribution >= 0.6 is 0 Å².